The second-order valence-electron chi connectivity index (χ2n) is 6.55. The minimum absolute atomic E-state index is 0.0542. The molecule has 0 N–H and O–H groups in total. The van der Waals surface area contributed by atoms with Crippen LogP contribution in [-0.4, -0.2) is 29.1 Å². The Morgan fingerprint density at radius 3 is 2.53 bits per heavy atom. The molecule has 160 valence electrons. The van der Waals surface area contributed by atoms with Crippen molar-refractivity contribution in [3.8, 4) is 5.75 Å². The molecule has 1 aromatic heterocycles. The van der Waals surface area contributed by atoms with Crippen molar-refractivity contribution in [3.05, 3.63) is 93.8 Å². The summed E-state index contributed by atoms with van der Waals surface area (Å²) in [5.41, 5.74) is 1.38. The smallest absolute Gasteiger partial charge is 0.280 e. The van der Waals surface area contributed by atoms with Gasteiger partial charge in [0.25, 0.3) is 11.6 Å². The summed E-state index contributed by atoms with van der Waals surface area (Å²) in [5.74, 6) is -0.317. The molecule has 4 rings (SSSR count). The number of nitro benzene ring substituents is 1. The van der Waals surface area contributed by atoms with Crippen molar-refractivity contribution in [2.24, 2.45) is 5.10 Å². The molecular weight excluding hydrogens is 435 g/mol. The molecule has 1 amide bonds. The van der Waals surface area contributed by atoms with E-state index in [1.165, 1.54) is 66.1 Å². The average molecular weight is 450 g/mol. The molecule has 32 heavy (non-hydrogen) atoms. The lowest BCUT2D eigenvalue weighted by Gasteiger charge is -2.13. The number of aromatic nitrogens is 1. The number of hydrogen-bond acceptors (Lipinski definition) is 7. The quantitative estimate of drug-likeness (QED) is 0.233. The van der Waals surface area contributed by atoms with E-state index in [1.54, 1.807) is 25.3 Å². The molecule has 0 bridgehead atoms. The second kappa shape index (κ2) is 8.90. The standard InChI is InChI=1S/C22H15FN4O4S/c1-31-18-10-11-19-20(12-18)32-22(25-19)26(21(28)15-4-6-16(23)7-5-15)24-13-14-2-8-17(9-3-14)27(29)30/h2-13H,1H3/b24-13+. The van der Waals surface area contributed by atoms with E-state index >= 15 is 0 Å². The third-order valence-corrected chi connectivity index (χ3v) is 5.47. The van der Waals surface area contributed by atoms with E-state index in [0.717, 1.165) is 9.71 Å². The monoisotopic (exact) mass is 450 g/mol. The van der Waals surface area contributed by atoms with E-state index in [-0.39, 0.29) is 11.3 Å². The van der Waals surface area contributed by atoms with Crippen LogP contribution in [-0.2, 0) is 0 Å². The molecule has 8 nitrogen and oxygen atoms in total. The highest BCUT2D eigenvalue weighted by atomic mass is 32.1. The third kappa shape index (κ3) is 4.44. The number of thiazole rings is 1. The van der Waals surface area contributed by atoms with Gasteiger partial charge in [-0.3, -0.25) is 14.9 Å². The van der Waals surface area contributed by atoms with Crippen LogP contribution in [0.5, 0.6) is 5.75 Å². The van der Waals surface area contributed by atoms with Gasteiger partial charge in [-0.25, -0.2) is 9.37 Å². The summed E-state index contributed by atoms with van der Waals surface area (Å²) in [4.78, 5) is 28.0. The Hall–Kier alpha value is -4.18. The Morgan fingerprint density at radius 1 is 1.16 bits per heavy atom. The molecule has 10 heteroatoms. The number of non-ortho nitro benzene ring substituents is 1. The molecule has 0 unspecified atom stereocenters. The Labute approximate surface area is 185 Å². The SMILES string of the molecule is COc1ccc2nc(N(/N=C/c3ccc([N+](=O)[O-])cc3)C(=O)c3ccc(F)cc3)sc2c1. The van der Waals surface area contributed by atoms with Gasteiger partial charge in [0.15, 0.2) is 0 Å². The molecule has 0 aliphatic heterocycles. The van der Waals surface area contributed by atoms with Gasteiger partial charge in [0, 0.05) is 17.7 Å². The molecule has 0 saturated heterocycles. The van der Waals surface area contributed by atoms with E-state index in [0.29, 0.717) is 22.0 Å². The highest BCUT2D eigenvalue weighted by Gasteiger charge is 2.21. The maximum atomic E-state index is 13.3. The number of ether oxygens (including phenoxy) is 1. The van der Waals surface area contributed by atoms with Crippen LogP contribution in [0.3, 0.4) is 0 Å². The Bertz CT molecular complexity index is 1320. The predicted molar refractivity (Wildman–Crippen MR) is 120 cm³/mol. The first-order valence-electron chi connectivity index (χ1n) is 9.27. The fraction of sp³-hybridized carbons (Fsp3) is 0.0455. The minimum atomic E-state index is -0.505. The molecule has 0 aliphatic carbocycles. The van der Waals surface area contributed by atoms with E-state index < -0.39 is 16.6 Å². The van der Waals surface area contributed by atoms with Gasteiger partial charge in [0.1, 0.15) is 11.6 Å². The first-order chi connectivity index (χ1) is 15.4. The van der Waals surface area contributed by atoms with E-state index in [1.807, 2.05) is 0 Å². The number of carbonyl (C=O) groups is 1. The highest BCUT2D eigenvalue weighted by Crippen LogP contribution is 2.32. The Kier molecular flexibility index (Phi) is 5.86. The number of methoxy groups -OCH3 is 1. The van der Waals surface area contributed by atoms with E-state index in [4.69, 9.17) is 4.74 Å². The molecule has 0 radical (unpaired) electrons. The highest BCUT2D eigenvalue weighted by molar-refractivity contribution is 7.22. The van der Waals surface area contributed by atoms with Crippen LogP contribution in [0.1, 0.15) is 15.9 Å². The number of hydrazone groups is 1. The van der Waals surface area contributed by atoms with Crippen molar-refractivity contribution in [3.63, 3.8) is 0 Å². The van der Waals surface area contributed by atoms with Crippen LogP contribution in [0.25, 0.3) is 10.2 Å². The maximum absolute atomic E-state index is 13.3. The fourth-order valence-electron chi connectivity index (χ4n) is 2.82. The number of amides is 1. The molecular formula is C22H15FN4O4S. The number of nitrogens with zero attached hydrogens (tertiary/aromatic N) is 4. The summed E-state index contributed by atoms with van der Waals surface area (Å²) in [6, 6.07) is 16.2. The summed E-state index contributed by atoms with van der Waals surface area (Å²) in [5, 5.41) is 16.6. The predicted octanol–water partition coefficient (Wildman–Crippen LogP) is 5.03. The summed E-state index contributed by atoms with van der Waals surface area (Å²) in [7, 11) is 1.56. The van der Waals surface area contributed by atoms with Crippen LogP contribution in [0.2, 0.25) is 0 Å². The molecule has 0 fully saturated rings. The number of benzene rings is 3. The maximum Gasteiger partial charge on any atom is 0.280 e. The van der Waals surface area contributed by atoms with Crippen LogP contribution in [0.15, 0.2) is 71.8 Å². The number of fused-ring (bicyclic) bond motifs is 1. The molecule has 0 saturated carbocycles. The third-order valence-electron chi connectivity index (χ3n) is 4.48. The van der Waals surface area contributed by atoms with Gasteiger partial charge < -0.3 is 4.74 Å². The minimum Gasteiger partial charge on any atom is -0.497 e. The first kappa shape index (κ1) is 21.1. The molecule has 0 spiro atoms. The lowest BCUT2D eigenvalue weighted by molar-refractivity contribution is -0.384. The Balaban J connectivity index is 1.73. The van der Waals surface area contributed by atoms with Crippen molar-refractivity contribution in [1.82, 2.24) is 4.98 Å². The van der Waals surface area contributed by atoms with Gasteiger partial charge in [0.2, 0.25) is 5.13 Å². The zero-order chi connectivity index (χ0) is 22.7. The second-order valence-corrected chi connectivity index (χ2v) is 7.56. The number of hydrogen-bond donors (Lipinski definition) is 0. The molecule has 0 atom stereocenters. The topological polar surface area (TPSA) is 97.9 Å². The average Bonchev–Trinajstić information content (AvgIpc) is 3.22. The van der Waals surface area contributed by atoms with Crippen molar-refractivity contribution in [2.75, 3.05) is 12.1 Å². The number of rotatable bonds is 6. The normalized spacial score (nSPS) is 11.1. The van der Waals surface area contributed by atoms with E-state index in [9.17, 15) is 19.3 Å². The number of halogens is 1. The summed E-state index contributed by atoms with van der Waals surface area (Å²) in [6.45, 7) is 0. The van der Waals surface area contributed by atoms with Gasteiger partial charge in [-0.15, -0.1) is 0 Å². The molecule has 1 heterocycles. The van der Waals surface area contributed by atoms with Gasteiger partial charge in [0.05, 0.1) is 28.5 Å². The van der Waals surface area contributed by atoms with Gasteiger partial charge in [-0.05, 0) is 60.2 Å². The van der Waals surface area contributed by atoms with Gasteiger partial charge in [-0.2, -0.15) is 10.1 Å². The lowest BCUT2D eigenvalue weighted by Crippen LogP contribution is -2.25. The lowest BCUT2D eigenvalue weighted by atomic mass is 10.2. The van der Waals surface area contributed by atoms with Gasteiger partial charge in [-0.1, -0.05) is 11.3 Å². The molecule has 4 aromatic rings. The summed E-state index contributed by atoms with van der Waals surface area (Å²) < 4.78 is 19.3. The van der Waals surface area contributed by atoms with Crippen LogP contribution < -0.4 is 9.75 Å². The van der Waals surface area contributed by atoms with E-state index in [2.05, 4.69) is 10.1 Å². The fourth-order valence-corrected chi connectivity index (χ4v) is 3.77. The number of anilines is 1. The van der Waals surface area contributed by atoms with Crippen molar-refractivity contribution in [1.29, 1.82) is 0 Å². The van der Waals surface area contributed by atoms with Crippen LogP contribution >= 0.6 is 11.3 Å². The zero-order valence-electron chi connectivity index (χ0n) is 16.6. The Morgan fingerprint density at radius 2 is 1.88 bits per heavy atom. The van der Waals surface area contributed by atoms with Crippen molar-refractivity contribution in [2.45, 2.75) is 0 Å². The number of carbonyl (C=O) groups excluding carboxylic acids is 1. The number of nitro groups is 1. The van der Waals surface area contributed by atoms with Crippen molar-refractivity contribution < 1.29 is 18.8 Å². The van der Waals surface area contributed by atoms with Crippen LogP contribution in [0.4, 0.5) is 15.2 Å². The van der Waals surface area contributed by atoms with Crippen LogP contribution in [0, 0.1) is 15.9 Å². The summed E-state index contributed by atoms with van der Waals surface area (Å²) in [6.07, 6.45) is 1.40. The molecule has 0 aliphatic rings. The zero-order valence-corrected chi connectivity index (χ0v) is 17.5. The van der Waals surface area contributed by atoms with Gasteiger partial charge >= 0.3 is 0 Å². The summed E-state index contributed by atoms with van der Waals surface area (Å²) >= 11 is 1.24. The first-order valence-corrected chi connectivity index (χ1v) is 10.1. The van der Waals surface area contributed by atoms with Crippen molar-refractivity contribution >= 4 is 44.5 Å². The molecule has 3 aromatic carbocycles. The largest absolute Gasteiger partial charge is 0.497 e.